The van der Waals surface area contributed by atoms with Crippen molar-refractivity contribution in [3.8, 4) is 5.75 Å². The van der Waals surface area contributed by atoms with E-state index in [1.54, 1.807) is 7.11 Å². The van der Waals surface area contributed by atoms with Crippen LogP contribution in [0.5, 0.6) is 5.75 Å². The van der Waals surface area contributed by atoms with Gasteiger partial charge in [-0.3, -0.25) is 4.40 Å². The van der Waals surface area contributed by atoms with Gasteiger partial charge in [-0.15, -0.1) is 0 Å². The Kier molecular flexibility index (Phi) is 3.31. The molecule has 2 heterocycles. The van der Waals surface area contributed by atoms with E-state index >= 15 is 0 Å². The van der Waals surface area contributed by atoms with Crippen LogP contribution in [0, 0.1) is 0 Å². The number of pyridine rings is 1. The van der Waals surface area contributed by atoms with Crippen molar-refractivity contribution in [2.75, 3.05) is 20.7 Å². The molecule has 0 aromatic carbocycles. The van der Waals surface area contributed by atoms with Gasteiger partial charge in [0.1, 0.15) is 11.6 Å². The molecule has 0 aliphatic rings. The summed E-state index contributed by atoms with van der Waals surface area (Å²) in [5, 5.41) is 3.63. The van der Waals surface area contributed by atoms with Crippen molar-refractivity contribution in [2.45, 2.75) is 6.42 Å². The van der Waals surface area contributed by atoms with Gasteiger partial charge in [0.15, 0.2) is 5.15 Å². The van der Waals surface area contributed by atoms with Gasteiger partial charge >= 0.3 is 0 Å². The van der Waals surface area contributed by atoms with Gasteiger partial charge < -0.3 is 10.1 Å². The van der Waals surface area contributed by atoms with Gasteiger partial charge in [0, 0.05) is 13.0 Å². The van der Waals surface area contributed by atoms with Crippen LogP contribution in [0.4, 0.5) is 0 Å². The minimum Gasteiger partial charge on any atom is -0.495 e. The lowest BCUT2D eigenvalue weighted by Gasteiger charge is -2.03. The molecule has 2 aromatic heterocycles. The van der Waals surface area contributed by atoms with Gasteiger partial charge in [0.2, 0.25) is 0 Å². The number of aromatic nitrogens is 2. The molecule has 0 saturated carbocycles. The van der Waals surface area contributed by atoms with Crippen molar-refractivity contribution >= 4 is 17.1 Å². The molecule has 5 heteroatoms. The molecule has 0 atom stereocenters. The number of hydrogen-bond donors (Lipinski definition) is 1. The van der Waals surface area contributed by atoms with Crippen LogP contribution >= 0.6 is 11.6 Å². The van der Waals surface area contributed by atoms with Crippen LogP contribution in [0.25, 0.3) is 5.52 Å². The van der Waals surface area contributed by atoms with Crippen LogP contribution in [0.15, 0.2) is 18.3 Å². The molecule has 2 aromatic rings. The highest BCUT2D eigenvalue weighted by Gasteiger charge is 2.09. The van der Waals surface area contributed by atoms with Crippen LogP contribution in [-0.4, -0.2) is 30.1 Å². The molecule has 1 N–H and O–H groups in total. The number of hydrogen-bond acceptors (Lipinski definition) is 3. The molecule has 0 radical (unpaired) electrons. The van der Waals surface area contributed by atoms with E-state index in [9.17, 15) is 0 Å². The largest absolute Gasteiger partial charge is 0.495 e. The molecule has 16 heavy (non-hydrogen) atoms. The summed E-state index contributed by atoms with van der Waals surface area (Å²) < 4.78 is 7.15. The lowest BCUT2D eigenvalue weighted by atomic mass is 10.3. The van der Waals surface area contributed by atoms with Crippen molar-refractivity contribution in [2.24, 2.45) is 0 Å². The van der Waals surface area contributed by atoms with Crippen LogP contribution in [-0.2, 0) is 6.42 Å². The molecule has 0 spiro atoms. The number of nitrogens with zero attached hydrogens (tertiary/aromatic N) is 2. The molecule has 0 unspecified atom stereocenters. The maximum atomic E-state index is 6.06. The Labute approximate surface area is 99.2 Å². The molecular formula is C11H14ClN3O. The molecule has 0 aliphatic carbocycles. The van der Waals surface area contributed by atoms with Gasteiger partial charge in [-0.1, -0.05) is 11.6 Å². The lowest BCUT2D eigenvalue weighted by molar-refractivity contribution is 0.412. The minimum absolute atomic E-state index is 0.536. The molecule has 0 amide bonds. The monoisotopic (exact) mass is 239 g/mol. The number of halogens is 1. The standard InChI is InChI=1S/C11H14ClN3O/c1-13-6-5-10-14-11(12)9-4-3-8(16-2)7-15(9)10/h3-4,7,13H,5-6H2,1-2H3. The first-order chi connectivity index (χ1) is 7.76. The third-order valence-corrected chi connectivity index (χ3v) is 2.75. The maximum absolute atomic E-state index is 6.06. The Morgan fingerprint density at radius 1 is 1.50 bits per heavy atom. The SMILES string of the molecule is CNCCc1nc(Cl)c2ccc(OC)cn12. The maximum Gasteiger partial charge on any atom is 0.155 e. The molecule has 4 nitrogen and oxygen atoms in total. The smallest absolute Gasteiger partial charge is 0.155 e. The number of nitrogens with one attached hydrogen (secondary N) is 1. The molecule has 0 fully saturated rings. The summed E-state index contributed by atoms with van der Waals surface area (Å²) in [5.74, 6) is 1.74. The second kappa shape index (κ2) is 4.72. The zero-order valence-electron chi connectivity index (χ0n) is 9.33. The van der Waals surface area contributed by atoms with Crippen molar-refractivity contribution in [1.29, 1.82) is 0 Å². The summed E-state index contributed by atoms with van der Waals surface area (Å²) >= 11 is 6.06. The first kappa shape index (κ1) is 11.2. The van der Waals surface area contributed by atoms with Crippen LogP contribution in [0.3, 0.4) is 0 Å². The Hall–Kier alpha value is -1.26. The van der Waals surface area contributed by atoms with Crippen molar-refractivity contribution in [3.63, 3.8) is 0 Å². The highest BCUT2D eigenvalue weighted by molar-refractivity contribution is 6.32. The Balaban J connectivity index is 2.47. The highest BCUT2D eigenvalue weighted by Crippen LogP contribution is 2.21. The van der Waals surface area contributed by atoms with E-state index in [1.165, 1.54) is 0 Å². The Morgan fingerprint density at radius 2 is 2.31 bits per heavy atom. The lowest BCUT2D eigenvalue weighted by Crippen LogP contribution is -2.12. The number of imidazole rings is 1. The summed E-state index contributed by atoms with van der Waals surface area (Å²) in [6.45, 7) is 0.868. The fourth-order valence-corrected chi connectivity index (χ4v) is 1.87. The Morgan fingerprint density at radius 3 is 3.00 bits per heavy atom. The number of fused-ring (bicyclic) bond motifs is 1. The third kappa shape index (κ3) is 1.99. The number of likely N-dealkylation sites (N-methyl/N-ethyl adjacent to an activating group) is 1. The summed E-state index contributed by atoms with van der Waals surface area (Å²) in [6, 6.07) is 3.79. The van der Waals surface area contributed by atoms with Crippen molar-refractivity contribution < 1.29 is 4.74 Å². The third-order valence-electron chi connectivity index (χ3n) is 2.47. The molecule has 0 aliphatic heterocycles. The topological polar surface area (TPSA) is 38.6 Å². The van der Waals surface area contributed by atoms with Crippen molar-refractivity contribution in [1.82, 2.24) is 14.7 Å². The van der Waals surface area contributed by atoms with E-state index in [4.69, 9.17) is 16.3 Å². The fraction of sp³-hybridized carbons (Fsp3) is 0.364. The molecular weight excluding hydrogens is 226 g/mol. The van der Waals surface area contributed by atoms with Gasteiger partial charge in [-0.25, -0.2) is 4.98 Å². The summed E-state index contributed by atoms with van der Waals surface area (Å²) in [4.78, 5) is 4.34. The van der Waals surface area contributed by atoms with Gasteiger partial charge in [-0.05, 0) is 19.2 Å². The first-order valence-electron chi connectivity index (χ1n) is 5.11. The zero-order chi connectivity index (χ0) is 11.5. The molecule has 0 saturated heterocycles. The summed E-state index contributed by atoms with van der Waals surface area (Å²) in [6.07, 6.45) is 2.73. The average molecular weight is 240 g/mol. The van der Waals surface area contributed by atoms with Crippen molar-refractivity contribution in [3.05, 3.63) is 29.3 Å². The van der Waals surface area contributed by atoms with Crippen LogP contribution in [0.2, 0.25) is 5.15 Å². The van der Waals surface area contributed by atoms with E-state index in [-0.39, 0.29) is 0 Å². The second-order valence-electron chi connectivity index (χ2n) is 3.50. The predicted molar refractivity (Wildman–Crippen MR) is 64.4 cm³/mol. The van der Waals surface area contributed by atoms with Crippen LogP contribution in [0.1, 0.15) is 5.82 Å². The second-order valence-corrected chi connectivity index (χ2v) is 3.85. The van der Waals surface area contributed by atoms with Gasteiger partial charge in [0.05, 0.1) is 18.8 Å². The average Bonchev–Trinajstić information content (AvgIpc) is 2.63. The Bertz CT molecular complexity index is 495. The summed E-state index contributed by atoms with van der Waals surface area (Å²) in [7, 11) is 3.56. The van der Waals surface area contributed by atoms with Crippen LogP contribution < -0.4 is 10.1 Å². The number of ether oxygens (including phenoxy) is 1. The fourth-order valence-electron chi connectivity index (χ4n) is 1.62. The normalized spacial score (nSPS) is 10.9. The van der Waals surface area contributed by atoms with E-state index in [0.29, 0.717) is 5.15 Å². The van der Waals surface area contributed by atoms with E-state index < -0.39 is 0 Å². The molecule has 86 valence electrons. The minimum atomic E-state index is 0.536. The van der Waals surface area contributed by atoms with Gasteiger partial charge in [-0.2, -0.15) is 0 Å². The predicted octanol–water partition coefficient (Wildman–Crippen LogP) is 1.76. The first-order valence-corrected chi connectivity index (χ1v) is 5.49. The zero-order valence-corrected chi connectivity index (χ0v) is 10.1. The highest BCUT2D eigenvalue weighted by atomic mass is 35.5. The van der Waals surface area contributed by atoms with E-state index in [1.807, 2.05) is 29.8 Å². The molecule has 0 bridgehead atoms. The van der Waals surface area contributed by atoms with E-state index in [0.717, 1.165) is 30.1 Å². The van der Waals surface area contributed by atoms with E-state index in [2.05, 4.69) is 10.3 Å². The number of rotatable bonds is 4. The summed E-state index contributed by atoms with van der Waals surface area (Å²) in [5.41, 5.74) is 0.911. The quantitative estimate of drug-likeness (QED) is 0.884. The van der Waals surface area contributed by atoms with Gasteiger partial charge in [0.25, 0.3) is 0 Å². The molecule has 2 rings (SSSR count). The number of methoxy groups -OCH3 is 1.